The third-order valence-electron chi connectivity index (χ3n) is 7.45. The highest BCUT2D eigenvalue weighted by molar-refractivity contribution is 4.93. The first-order chi connectivity index (χ1) is 11.1. The minimum atomic E-state index is -1.22. The first-order valence-electron chi connectivity index (χ1n) is 10.0. The fourth-order valence-electron chi connectivity index (χ4n) is 5.72. The van der Waals surface area contributed by atoms with E-state index in [-0.39, 0.29) is 24.2 Å². The zero-order valence-corrected chi connectivity index (χ0v) is 15.7. The number of hydrogen-bond donors (Lipinski definition) is 0. The first kappa shape index (κ1) is 22.6. The number of hydrogen-bond acceptors (Lipinski definition) is 0. The van der Waals surface area contributed by atoms with E-state index < -0.39 is 12.3 Å². The molecule has 4 heteroatoms. The summed E-state index contributed by atoms with van der Waals surface area (Å²) >= 11 is 0. The second-order valence-electron chi connectivity index (χ2n) is 8.69. The number of rotatable bonds is 3. The van der Waals surface area contributed by atoms with Gasteiger partial charge in [0.25, 0.3) is 0 Å². The third kappa shape index (κ3) is 5.03. The first-order valence-corrected chi connectivity index (χ1v) is 10.0. The van der Waals surface area contributed by atoms with Gasteiger partial charge in [-0.05, 0) is 99.7 Å². The van der Waals surface area contributed by atoms with E-state index in [9.17, 15) is 8.78 Å². The van der Waals surface area contributed by atoms with Gasteiger partial charge in [-0.25, -0.2) is 8.78 Å². The summed E-state index contributed by atoms with van der Waals surface area (Å²) < 4.78 is 28.5. The average molecular weight is 363 g/mol. The van der Waals surface area contributed by atoms with Gasteiger partial charge in [-0.2, -0.15) is 0 Å². The number of alkyl halides is 2. The molecule has 0 saturated heterocycles. The van der Waals surface area contributed by atoms with Crippen LogP contribution in [0.3, 0.4) is 0 Å². The summed E-state index contributed by atoms with van der Waals surface area (Å²) in [6.07, 6.45) is 11.6. The molecule has 0 radical (unpaired) electrons. The molecule has 3 aliphatic carbocycles. The fraction of sp³-hybridized carbons (Fsp3) is 0.905. The largest absolute Gasteiger partial charge is 0.412 e. The predicted molar refractivity (Wildman–Crippen MR) is 102 cm³/mol. The zero-order valence-electron chi connectivity index (χ0n) is 15.7. The molecule has 3 rings (SSSR count). The second-order valence-corrected chi connectivity index (χ2v) is 8.69. The molecule has 3 saturated carbocycles. The highest BCUT2D eigenvalue weighted by atomic mass is 19.2. The molecular formula is C21H40F2O2. The van der Waals surface area contributed by atoms with Crippen molar-refractivity contribution in [2.45, 2.75) is 83.5 Å². The number of allylic oxidation sites excluding steroid dienone is 1. The monoisotopic (exact) mass is 362 g/mol. The van der Waals surface area contributed by atoms with Crippen LogP contribution in [-0.2, 0) is 0 Å². The van der Waals surface area contributed by atoms with E-state index in [0.717, 1.165) is 43.4 Å². The van der Waals surface area contributed by atoms with Crippen molar-refractivity contribution in [3.8, 4) is 0 Å². The maximum atomic E-state index is 14.4. The summed E-state index contributed by atoms with van der Waals surface area (Å²) in [5, 5.41) is 0. The summed E-state index contributed by atoms with van der Waals surface area (Å²) in [6.45, 7) is 5.80. The van der Waals surface area contributed by atoms with Crippen LogP contribution in [0.2, 0.25) is 0 Å². The van der Waals surface area contributed by atoms with Crippen molar-refractivity contribution >= 4 is 0 Å². The van der Waals surface area contributed by atoms with E-state index in [1.54, 1.807) is 0 Å². The van der Waals surface area contributed by atoms with Gasteiger partial charge in [0.1, 0.15) is 12.3 Å². The summed E-state index contributed by atoms with van der Waals surface area (Å²) in [4.78, 5) is 0. The standard InChI is InChI=1S/C21H34F2.2H2O.H2/c1-3-15-5-7-16(8-6-15)17-9-11-18(12-10-17)19-13-4-14(2)20(22)21(19)23;;;/h3,14-21H,1,4-13H2,2H3;2*1H2;1H. The van der Waals surface area contributed by atoms with Crippen LogP contribution in [0.5, 0.6) is 0 Å². The third-order valence-corrected chi connectivity index (χ3v) is 7.45. The van der Waals surface area contributed by atoms with Crippen LogP contribution in [0.4, 0.5) is 8.78 Å². The van der Waals surface area contributed by atoms with Gasteiger partial charge in [-0.1, -0.05) is 13.0 Å². The van der Waals surface area contributed by atoms with Gasteiger partial charge in [0, 0.05) is 1.43 Å². The minimum absolute atomic E-state index is 0. The summed E-state index contributed by atoms with van der Waals surface area (Å²) in [5.41, 5.74) is 0. The SMILES string of the molecule is C=CC1CCC(C2CCC(C3CCC(C)C(F)C3F)CC2)CC1.O.O.[HH]. The molecule has 150 valence electrons. The van der Waals surface area contributed by atoms with E-state index in [4.69, 9.17) is 0 Å². The second kappa shape index (κ2) is 10.0. The Balaban J connectivity index is 0.00000208. The van der Waals surface area contributed by atoms with Crippen LogP contribution in [-0.4, -0.2) is 23.3 Å². The van der Waals surface area contributed by atoms with E-state index in [2.05, 4.69) is 12.7 Å². The molecule has 0 aliphatic heterocycles. The maximum Gasteiger partial charge on any atom is 0.134 e. The van der Waals surface area contributed by atoms with Crippen molar-refractivity contribution in [3.63, 3.8) is 0 Å². The molecule has 0 aromatic rings. The van der Waals surface area contributed by atoms with Crippen LogP contribution < -0.4 is 0 Å². The Labute approximate surface area is 153 Å². The van der Waals surface area contributed by atoms with Gasteiger partial charge < -0.3 is 11.0 Å². The zero-order chi connectivity index (χ0) is 16.4. The lowest BCUT2D eigenvalue weighted by Gasteiger charge is -2.42. The van der Waals surface area contributed by atoms with E-state index in [0.29, 0.717) is 5.92 Å². The lowest BCUT2D eigenvalue weighted by molar-refractivity contribution is -0.00986. The van der Waals surface area contributed by atoms with Gasteiger partial charge >= 0.3 is 0 Å². The lowest BCUT2D eigenvalue weighted by atomic mass is 9.64. The summed E-state index contributed by atoms with van der Waals surface area (Å²) in [7, 11) is 0. The molecule has 0 aromatic carbocycles. The lowest BCUT2D eigenvalue weighted by Crippen LogP contribution is -2.41. The molecule has 4 atom stereocenters. The summed E-state index contributed by atoms with van der Waals surface area (Å²) in [6, 6.07) is 0. The van der Waals surface area contributed by atoms with Crippen molar-refractivity contribution in [1.82, 2.24) is 0 Å². The van der Waals surface area contributed by atoms with Crippen molar-refractivity contribution in [2.75, 3.05) is 0 Å². The van der Waals surface area contributed by atoms with Gasteiger partial charge in [0.15, 0.2) is 0 Å². The van der Waals surface area contributed by atoms with Crippen LogP contribution in [0.15, 0.2) is 12.7 Å². The average Bonchev–Trinajstić information content (AvgIpc) is 2.60. The molecule has 2 nitrogen and oxygen atoms in total. The van der Waals surface area contributed by atoms with Gasteiger partial charge in [0.2, 0.25) is 0 Å². The highest BCUT2D eigenvalue weighted by Gasteiger charge is 2.43. The van der Waals surface area contributed by atoms with Crippen LogP contribution >= 0.6 is 0 Å². The Morgan fingerprint density at radius 1 is 0.720 bits per heavy atom. The van der Waals surface area contributed by atoms with E-state index in [1.807, 2.05) is 6.92 Å². The van der Waals surface area contributed by atoms with Crippen LogP contribution in [0.1, 0.15) is 72.6 Å². The maximum absolute atomic E-state index is 14.4. The highest BCUT2D eigenvalue weighted by Crippen LogP contribution is 2.47. The van der Waals surface area contributed by atoms with Crippen molar-refractivity contribution in [1.29, 1.82) is 0 Å². The quantitative estimate of drug-likeness (QED) is 0.627. The molecule has 0 aromatic heterocycles. The van der Waals surface area contributed by atoms with Crippen molar-refractivity contribution < 1.29 is 21.2 Å². The Bertz CT molecular complexity index is 393. The van der Waals surface area contributed by atoms with Crippen molar-refractivity contribution in [3.05, 3.63) is 12.7 Å². The predicted octanol–water partition coefficient (Wildman–Crippen LogP) is 5.10. The number of halogens is 2. The molecule has 4 unspecified atom stereocenters. The van der Waals surface area contributed by atoms with E-state index in [1.165, 1.54) is 38.5 Å². The Morgan fingerprint density at radius 2 is 1.20 bits per heavy atom. The minimum Gasteiger partial charge on any atom is -0.412 e. The van der Waals surface area contributed by atoms with Gasteiger partial charge in [-0.15, -0.1) is 6.58 Å². The molecule has 4 N–H and O–H groups in total. The van der Waals surface area contributed by atoms with Crippen LogP contribution in [0.25, 0.3) is 0 Å². The molecule has 3 aliphatic rings. The summed E-state index contributed by atoms with van der Waals surface area (Å²) in [5.74, 6) is 2.82. The van der Waals surface area contributed by atoms with Gasteiger partial charge in [-0.3, -0.25) is 0 Å². The van der Waals surface area contributed by atoms with Crippen molar-refractivity contribution in [2.24, 2.45) is 35.5 Å². The van der Waals surface area contributed by atoms with Gasteiger partial charge in [0.05, 0.1) is 0 Å². The molecule has 0 bridgehead atoms. The molecule has 0 spiro atoms. The molecule has 3 fully saturated rings. The molecule has 0 heterocycles. The fourth-order valence-corrected chi connectivity index (χ4v) is 5.72. The normalized spacial score (nSPS) is 44.9. The Hall–Kier alpha value is -0.480. The topological polar surface area (TPSA) is 63.0 Å². The van der Waals surface area contributed by atoms with E-state index >= 15 is 0 Å². The molecular weight excluding hydrogens is 322 g/mol. The smallest absolute Gasteiger partial charge is 0.134 e. The molecule has 25 heavy (non-hydrogen) atoms. The van der Waals surface area contributed by atoms with Crippen LogP contribution in [0, 0.1) is 35.5 Å². The molecule has 0 amide bonds. The Kier molecular flexibility index (Phi) is 9.03. The Morgan fingerprint density at radius 3 is 1.72 bits per heavy atom.